The molecule has 0 saturated heterocycles. The second kappa shape index (κ2) is 5.18. The maximum Gasteiger partial charge on any atom is 0.350 e. The summed E-state index contributed by atoms with van der Waals surface area (Å²) in [6, 6.07) is 2.50. The molecule has 3 rings (SSSR count). The molecule has 0 fully saturated rings. The van der Waals surface area contributed by atoms with E-state index in [-0.39, 0.29) is 5.97 Å². The lowest BCUT2D eigenvalue weighted by molar-refractivity contribution is 0.0605. The Balaban J connectivity index is 1.93. The molecule has 0 aliphatic carbocycles. The molecular weight excluding hydrogens is 292 g/mol. The normalized spacial score (nSPS) is 17.9. The summed E-state index contributed by atoms with van der Waals surface area (Å²) in [5.41, 5.74) is 2.13. The zero-order valence-electron chi connectivity index (χ0n) is 11.7. The van der Waals surface area contributed by atoms with E-state index in [1.165, 1.54) is 28.9 Å². The lowest BCUT2D eigenvalue weighted by atomic mass is 10.0. The average molecular weight is 308 g/mol. The number of rotatable bonds is 2. The smallest absolute Gasteiger partial charge is 0.350 e. The average Bonchev–Trinajstić information content (AvgIpc) is 3.05. The molecule has 4 nitrogen and oxygen atoms in total. The SMILES string of the molecule is COC(=O)c1sc(N2CCc3sccc3C2C)nc1C. The highest BCUT2D eigenvalue weighted by atomic mass is 32.1. The molecule has 1 unspecified atom stereocenters. The summed E-state index contributed by atoms with van der Waals surface area (Å²) in [6.45, 7) is 5.00. The van der Waals surface area contributed by atoms with Gasteiger partial charge >= 0.3 is 5.97 Å². The van der Waals surface area contributed by atoms with Gasteiger partial charge in [-0.05, 0) is 37.3 Å². The molecule has 0 radical (unpaired) electrons. The number of carbonyl (C=O) groups excluding carboxylic acids is 1. The Morgan fingerprint density at radius 2 is 2.35 bits per heavy atom. The number of carbonyl (C=O) groups is 1. The van der Waals surface area contributed by atoms with E-state index in [1.54, 1.807) is 0 Å². The van der Waals surface area contributed by atoms with Crippen LogP contribution in [0.4, 0.5) is 5.13 Å². The van der Waals surface area contributed by atoms with Crippen molar-refractivity contribution in [2.75, 3.05) is 18.6 Å². The number of thiophene rings is 1. The van der Waals surface area contributed by atoms with Gasteiger partial charge in [0.05, 0.1) is 18.8 Å². The molecule has 0 aromatic carbocycles. The predicted molar refractivity (Wildman–Crippen MR) is 82.0 cm³/mol. The fraction of sp³-hybridized carbons (Fsp3) is 0.429. The molecule has 106 valence electrons. The maximum absolute atomic E-state index is 11.7. The van der Waals surface area contributed by atoms with Crippen molar-refractivity contribution >= 4 is 33.8 Å². The molecule has 0 saturated carbocycles. The third-order valence-electron chi connectivity index (χ3n) is 3.68. The topological polar surface area (TPSA) is 42.4 Å². The molecule has 2 aromatic heterocycles. The van der Waals surface area contributed by atoms with Crippen molar-refractivity contribution in [3.63, 3.8) is 0 Å². The van der Waals surface area contributed by atoms with Crippen LogP contribution in [0.15, 0.2) is 11.4 Å². The van der Waals surface area contributed by atoms with Crippen molar-refractivity contribution in [3.05, 3.63) is 32.5 Å². The van der Waals surface area contributed by atoms with Crippen molar-refractivity contribution < 1.29 is 9.53 Å². The van der Waals surface area contributed by atoms with E-state index >= 15 is 0 Å². The van der Waals surface area contributed by atoms with Crippen molar-refractivity contribution in [3.8, 4) is 0 Å². The summed E-state index contributed by atoms with van der Waals surface area (Å²) in [5.74, 6) is -0.299. The first kappa shape index (κ1) is 13.6. The molecule has 6 heteroatoms. The second-order valence-electron chi connectivity index (χ2n) is 4.82. The first-order valence-corrected chi connectivity index (χ1v) is 8.20. The van der Waals surface area contributed by atoms with E-state index in [9.17, 15) is 4.79 Å². The minimum Gasteiger partial charge on any atom is -0.465 e. The van der Waals surface area contributed by atoms with Gasteiger partial charge in [0.2, 0.25) is 0 Å². The molecule has 0 N–H and O–H groups in total. The predicted octanol–water partition coefficient (Wildman–Crippen LogP) is 3.42. The highest BCUT2D eigenvalue weighted by molar-refractivity contribution is 7.17. The van der Waals surface area contributed by atoms with Crippen LogP contribution in [-0.4, -0.2) is 24.6 Å². The molecule has 0 bridgehead atoms. The number of nitrogens with zero attached hydrogens (tertiary/aromatic N) is 2. The molecule has 20 heavy (non-hydrogen) atoms. The first-order chi connectivity index (χ1) is 9.61. The Kier molecular flexibility index (Phi) is 3.52. The molecule has 3 heterocycles. The molecule has 1 aliphatic heterocycles. The van der Waals surface area contributed by atoms with Crippen LogP contribution in [0.5, 0.6) is 0 Å². The molecule has 1 atom stereocenters. The summed E-state index contributed by atoms with van der Waals surface area (Å²) in [7, 11) is 1.41. The van der Waals surface area contributed by atoms with Crippen LogP contribution in [0.1, 0.15) is 38.8 Å². The van der Waals surface area contributed by atoms with Crippen LogP contribution < -0.4 is 4.90 Å². The molecule has 1 aliphatic rings. The van der Waals surface area contributed by atoms with Gasteiger partial charge in [-0.15, -0.1) is 11.3 Å². The van der Waals surface area contributed by atoms with Gasteiger partial charge in [-0.3, -0.25) is 0 Å². The summed E-state index contributed by atoms with van der Waals surface area (Å²) < 4.78 is 4.80. The van der Waals surface area contributed by atoms with Crippen LogP contribution in [0.25, 0.3) is 0 Å². The van der Waals surface area contributed by atoms with E-state index in [4.69, 9.17) is 4.74 Å². The second-order valence-corrected chi connectivity index (χ2v) is 6.80. The number of fused-ring (bicyclic) bond motifs is 1. The van der Waals surface area contributed by atoms with Crippen LogP contribution >= 0.6 is 22.7 Å². The monoisotopic (exact) mass is 308 g/mol. The number of hydrogen-bond donors (Lipinski definition) is 0. The van der Waals surface area contributed by atoms with Crippen molar-refractivity contribution in [2.24, 2.45) is 0 Å². The van der Waals surface area contributed by atoms with Gasteiger partial charge in [-0.25, -0.2) is 9.78 Å². The minimum atomic E-state index is -0.299. The standard InChI is InChI=1S/C14H16N2O2S2/c1-8-12(13(17)18-3)20-14(15-8)16-6-4-11-10(9(16)2)5-7-19-11/h5,7,9H,4,6H2,1-3H3. The number of ether oxygens (including phenoxy) is 1. The lowest BCUT2D eigenvalue weighted by Gasteiger charge is -2.33. The van der Waals surface area contributed by atoms with E-state index in [2.05, 4.69) is 28.3 Å². The highest BCUT2D eigenvalue weighted by Crippen LogP contribution is 2.38. The maximum atomic E-state index is 11.7. The Labute approximate surface area is 126 Å². The fourth-order valence-electron chi connectivity index (χ4n) is 2.56. The molecule has 0 amide bonds. The number of thiazole rings is 1. The Morgan fingerprint density at radius 1 is 1.55 bits per heavy atom. The number of hydrogen-bond acceptors (Lipinski definition) is 6. The minimum absolute atomic E-state index is 0.299. The summed E-state index contributed by atoms with van der Waals surface area (Å²) in [6.07, 6.45) is 1.05. The van der Waals surface area contributed by atoms with E-state index in [0.717, 1.165) is 23.8 Å². The van der Waals surface area contributed by atoms with Gasteiger partial charge in [-0.2, -0.15) is 0 Å². The largest absolute Gasteiger partial charge is 0.465 e. The summed E-state index contributed by atoms with van der Waals surface area (Å²) in [4.78, 5) is 20.6. The Bertz CT molecular complexity index is 647. The van der Waals surface area contributed by atoms with Gasteiger partial charge in [0.15, 0.2) is 5.13 Å². The van der Waals surface area contributed by atoms with Gasteiger partial charge < -0.3 is 9.64 Å². The molecule has 2 aromatic rings. The number of esters is 1. The van der Waals surface area contributed by atoms with Gasteiger partial charge in [0, 0.05) is 11.4 Å². The van der Waals surface area contributed by atoms with E-state index in [1.807, 2.05) is 18.3 Å². The number of aromatic nitrogens is 1. The van der Waals surface area contributed by atoms with Crippen LogP contribution in [-0.2, 0) is 11.2 Å². The van der Waals surface area contributed by atoms with Crippen molar-refractivity contribution in [2.45, 2.75) is 26.3 Å². The van der Waals surface area contributed by atoms with Crippen LogP contribution in [0.3, 0.4) is 0 Å². The highest BCUT2D eigenvalue weighted by Gasteiger charge is 2.28. The van der Waals surface area contributed by atoms with Crippen LogP contribution in [0.2, 0.25) is 0 Å². The number of methoxy groups -OCH3 is 1. The molecular formula is C14H16N2O2S2. The summed E-state index contributed by atoms with van der Waals surface area (Å²) in [5, 5.41) is 3.06. The quantitative estimate of drug-likeness (QED) is 0.797. The third-order valence-corrected chi connectivity index (χ3v) is 5.85. The Hall–Kier alpha value is -1.40. The summed E-state index contributed by atoms with van der Waals surface area (Å²) >= 11 is 3.25. The van der Waals surface area contributed by atoms with Crippen LogP contribution in [0, 0.1) is 6.92 Å². The lowest BCUT2D eigenvalue weighted by Crippen LogP contribution is -2.32. The van der Waals surface area contributed by atoms with Gasteiger partial charge in [-0.1, -0.05) is 11.3 Å². The van der Waals surface area contributed by atoms with Crippen molar-refractivity contribution in [1.29, 1.82) is 0 Å². The zero-order valence-corrected chi connectivity index (χ0v) is 13.3. The van der Waals surface area contributed by atoms with Gasteiger partial charge in [0.25, 0.3) is 0 Å². The first-order valence-electron chi connectivity index (χ1n) is 6.50. The fourth-order valence-corrected chi connectivity index (χ4v) is 4.61. The third kappa shape index (κ3) is 2.13. The molecule has 0 spiro atoms. The van der Waals surface area contributed by atoms with E-state index < -0.39 is 0 Å². The Morgan fingerprint density at radius 3 is 3.10 bits per heavy atom. The zero-order chi connectivity index (χ0) is 14.3. The van der Waals surface area contributed by atoms with E-state index in [0.29, 0.717) is 10.9 Å². The number of anilines is 1. The number of aryl methyl sites for hydroxylation is 1. The van der Waals surface area contributed by atoms with Crippen molar-refractivity contribution in [1.82, 2.24) is 4.98 Å². The van der Waals surface area contributed by atoms with Gasteiger partial charge in [0.1, 0.15) is 4.88 Å².